The van der Waals surface area contributed by atoms with Gasteiger partial charge in [-0.05, 0) is 77.8 Å². The van der Waals surface area contributed by atoms with Crippen molar-refractivity contribution in [2.75, 3.05) is 13.1 Å². The predicted molar refractivity (Wildman–Crippen MR) is 143 cm³/mol. The SMILES string of the molecule is CC(C)(C)OC(=O)NS(=O)(=O)N1CCC(c2ccccn2)(C(C)(C)NC(=O)c2ccc(Cl)cc2Cl)CC1. The van der Waals surface area contributed by atoms with Crippen LogP contribution in [0.15, 0.2) is 42.6 Å². The highest BCUT2D eigenvalue weighted by Crippen LogP contribution is 2.44. The topological polar surface area (TPSA) is 118 Å². The monoisotopic (exact) mass is 570 g/mol. The largest absolute Gasteiger partial charge is 0.443 e. The molecule has 1 fully saturated rings. The zero-order valence-electron chi connectivity index (χ0n) is 21.5. The lowest BCUT2D eigenvalue weighted by Crippen LogP contribution is -2.63. The Kier molecular flexibility index (Phi) is 8.48. The standard InChI is InChI=1S/C25H32Cl2N4O5S/c1-23(2,3)36-22(33)30-37(34,35)31-14-11-25(12-15-31,20-8-6-7-13-28-20)24(4,5)29-21(32)18-10-9-17(26)16-19(18)27/h6-10,13,16H,11-12,14-15H2,1-5H3,(H,29,32)(H,30,33). The van der Waals surface area contributed by atoms with Crippen LogP contribution in [-0.4, -0.2) is 53.9 Å². The fourth-order valence-electron chi connectivity index (χ4n) is 4.57. The summed E-state index contributed by atoms with van der Waals surface area (Å²) in [7, 11) is -4.14. The smallest absolute Gasteiger partial charge is 0.422 e. The van der Waals surface area contributed by atoms with Gasteiger partial charge in [0.1, 0.15) is 5.60 Å². The third-order valence-electron chi connectivity index (χ3n) is 6.48. The molecule has 0 radical (unpaired) electrons. The molecule has 2 N–H and O–H groups in total. The summed E-state index contributed by atoms with van der Waals surface area (Å²) in [5, 5.41) is 3.73. The third-order valence-corrected chi connectivity index (χ3v) is 8.50. The number of halogens is 2. The van der Waals surface area contributed by atoms with Crippen LogP contribution in [0.4, 0.5) is 4.79 Å². The maximum Gasteiger partial charge on any atom is 0.422 e. The molecule has 1 aromatic carbocycles. The Labute approximate surface area is 228 Å². The quantitative estimate of drug-likeness (QED) is 0.519. The van der Waals surface area contributed by atoms with E-state index in [-0.39, 0.29) is 29.6 Å². The lowest BCUT2D eigenvalue weighted by Gasteiger charge is -2.50. The molecule has 1 aromatic heterocycles. The molecule has 0 bridgehead atoms. The number of nitrogens with one attached hydrogen (secondary N) is 2. The minimum atomic E-state index is -4.14. The maximum absolute atomic E-state index is 13.2. The average Bonchev–Trinajstić information content (AvgIpc) is 2.77. The van der Waals surface area contributed by atoms with Crippen molar-refractivity contribution < 1.29 is 22.7 Å². The second kappa shape index (κ2) is 10.8. The van der Waals surface area contributed by atoms with Gasteiger partial charge in [-0.25, -0.2) is 9.52 Å². The molecule has 2 amide bonds. The molecule has 12 heteroatoms. The molecule has 9 nitrogen and oxygen atoms in total. The van der Waals surface area contributed by atoms with Crippen LogP contribution in [0.5, 0.6) is 0 Å². The van der Waals surface area contributed by atoms with Gasteiger partial charge in [0.05, 0.1) is 10.6 Å². The number of hydrogen-bond acceptors (Lipinski definition) is 6. The third kappa shape index (κ3) is 6.73. The van der Waals surface area contributed by atoms with E-state index in [4.69, 9.17) is 27.9 Å². The van der Waals surface area contributed by atoms with Crippen LogP contribution in [0, 0.1) is 0 Å². The van der Waals surface area contributed by atoms with Crippen molar-refractivity contribution in [1.82, 2.24) is 19.3 Å². The number of nitrogens with zero attached hydrogens (tertiary/aromatic N) is 2. The lowest BCUT2D eigenvalue weighted by molar-refractivity contribution is 0.0561. The average molecular weight is 572 g/mol. The van der Waals surface area contributed by atoms with E-state index < -0.39 is 32.9 Å². The van der Waals surface area contributed by atoms with Crippen molar-refractivity contribution in [1.29, 1.82) is 0 Å². The van der Waals surface area contributed by atoms with Gasteiger partial charge in [-0.3, -0.25) is 9.78 Å². The fraction of sp³-hybridized carbons (Fsp3) is 0.480. The molecule has 1 aliphatic rings. The van der Waals surface area contributed by atoms with Gasteiger partial charge in [-0.1, -0.05) is 29.3 Å². The predicted octanol–water partition coefficient (Wildman–Crippen LogP) is 4.70. The highest BCUT2D eigenvalue weighted by molar-refractivity contribution is 7.87. The first kappa shape index (κ1) is 29.2. The summed E-state index contributed by atoms with van der Waals surface area (Å²) >= 11 is 12.2. The number of aromatic nitrogens is 1. The second-order valence-corrected chi connectivity index (χ2v) is 13.0. The second-order valence-electron chi connectivity index (χ2n) is 10.5. The van der Waals surface area contributed by atoms with Crippen LogP contribution in [0.1, 0.15) is 63.5 Å². The van der Waals surface area contributed by atoms with E-state index in [9.17, 15) is 18.0 Å². The first-order valence-electron chi connectivity index (χ1n) is 11.8. The van der Waals surface area contributed by atoms with Crippen molar-refractivity contribution in [2.45, 2.75) is 64.0 Å². The van der Waals surface area contributed by atoms with Gasteiger partial charge in [-0.15, -0.1) is 0 Å². The van der Waals surface area contributed by atoms with Crippen molar-refractivity contribution in [2.24, 2.45) is 0 Å². The van der Waals surface area contributed by atoms with Gasteiger partial charge in [0, 0.05) is 41.0 Å². The molecule has 202 valence electrons. The number of piperidine rings is 1. The Balaban J connectivity index is 1.86. The Bertz CT molecular complexity index is 1260. The molecular formula is C25H32Cl2N4O5S. The number of hydrogen-bond donors (Lipinski definition) is 2. The Morgan fingerprint density at radius 3 is 2.24 bits per heavy atom. The first-order chi connectivity index (χ1) is 17.1. The summed E-state index contributed by atoms with van der Waals surface area (Å²) < 4.78 is 34.1. The molecule has 1 saturated heterocycles. The van der Waals surface area contributed by atoms with E-state index in [1.165, 1.54) is 10.4 Å². The number of amides is 2. The lowest BCUT2D eigenvalue weighted by atomic mass is 9.63. The van der Waals surface area contributed by atoms with E-state index >= 15 is 0 Å². The fourth-order valence-corrected chi connectivity index (χ4v) is 6.11. The van der Waals surface area contributed by atoms with Crippen LogP contribution in [-0.2, 0) is 20.4 Å². The number of benzene rings is 1. The molecule has 0 saturated carbocycles. The van der Waals surface area contributed by atoms with Crippen LogP contribution in [0.25, 0.3) is 0 Å². The molecule has 2 heterocycles. The molecular weight excluding hydrogens is 539 g/mol. The molecule has 0 aliphatic carbocycles. The number of pyridine rings is 1. The van der Waals surface area contributed by atoms with Gasteiger partial charge in [-0.2, -0.15) is 12.7 Å². The summed E-state index contributed by atoms with van der Waals surface area (Å²) in [6.07, 6.45) is 1.29. The number of carbonyl (C=O) groups excluding carboxylic acids is 2. The molecule has 0 atom stereocenters. The zero-order chi connectivity index (χ0) is 27.6. The minimum Gasteiger partial charge on any atom is -0.443 e. The highest BCUT2D eigenvalue weighted by atomic mass is 35.5. The molecule has 2 aromatic rings. The van der Waals surface area contributed by atoms with Gasteiger partial charge in [0.2, 0.25) is 0 Å². The summed E-state index contributed by atoms with van der Waals surface area (Å²) in [4.78, 5) is 29.9. The van der Waals surface area contributed by atoms with E-state index in [0.717, 1.165) is 5.69 Å². The van der Waals surface area contributed by atoms with Crippen LogP contribution < -0.4 is 10.0 Å². The van der Waals surface area contributed by atoms with Crippen molar-refractivity contribution in [3.8, 4) is 0 Å². The van der Waals surface area contributed by atoms with Crippen LogP contribution >= 0.6 is 23.2 Å². The van der Waals surface area contributed by atoms with Crippen molar-refractivity contribution >= 4 is 45.4 Å². The molecule has 37 heavy (non-hydrogen) atoms. The van der Waals surface area contributed by atoms with E-state index in [1.807, 2.05) is 30.7 Å². The highest BCUT2D eigenvalue weighted by Gasteiger charge is 2.51. The Morgan fingerprint density at radius 2 is 1.70 bits per heavy atom. The Morgan fingerprint density at radius 1 is 1.05 bits per heavy atom. The molecule has 3 rings (SSSR count). The number of carbonyl (C=O) groups is 2. The zero-order valence-corrected chi connectivity index (χ0v) is 23.8. The van der Waals surface area contributed by atoms with Crippen molar-refractivity contribution in [3.05, 3.63) is 63.9 Å². The summed E-state index contributed by atoms with van der Waals surface area (Å²) in [5.74, 6) is -0.386. The summed E-state index contributed by atoms with van der Waals surface area (Å²) in [6.45, 7) is 8.89. The molecule has 0 unspecified atom stereocenters. The Hall–Kier alpha value is -2.40. The van der Waals surface area contributed by atoms with Gasteiger partial charge >= 0.3 is 16.3 Å². The summed E-state index contributed by atoms with van der Waals surface area (Å²) in [5.41, 5.74) is -1.43. The van der Waals surface area contributed by atoms with Gasteiger partial charge in [0.15, 0.2) is 0 Å². The molecule has 0 spiro atoms. The van der Waals surface area contributed by atoms with Crippen LogP contribution in [0.3, 0.4) is 0 Å². The maximum atomic E-state index is 13.2. The van der Waals surface area contributed by atoms with E-state index in [1.54, 1.807) is 45.2 Å². The normalized spacial score (nSPS) is 16.6. The number of rotatable bonds is 6. The van der Waals surface area contributed by atoms with E-state index in [2.05, 4.69) is 10.3 Å². The first-order valence-corrected chi connectivity index (χ1v) is 14.0. The van der Waals surface area contributed by atoms with E-state index in [0.29, 0.717) is 17.9 Å². The summed E-state index contributed by atoms with van der Waals surface area (Å²) in [6, 6.07) is 10.2. The van der Waals surface area contributed by atoms with Crippen LogP contribution in [0.2, 0.25) is 10.0 Å². The number of ether oxygens (including phenoxy) is 1. The molecule has 1 aliphatic heterocycles. The van der Waals surface area contributed by atoms with Gasteiger partial charge < -0.3 is 10.1 Å². The van der Waals surface area contributed by atoms with Gasteiger partial charge in [0.25, 0.3) is 5.91 Å². The minimum absolute atomic E-state index is 0.0930. The van der Waals surface area contributed by atoms with Crippen molar-refractivity contribution in [3.63, 3.8) is 0 Å².